The molecular weight excluding hydrogens is 473 g/mol. The van der Waals surface area contributed by atoms with Crippen LogP contribution in [0, 0.1) is 0 Å². The van der Waals surface area contributed by atoms with E-state index in [9.17, 15) is 23.1 Å². The van der Waals surface area contributed by atoms with E-state index < -0.39 is 23.5 Å². The van der Waals surface area contributed by atoms with Gasteiger partial charge in [-0.2, -0.15) is 13.2 Å². The van der Waals surface area contributed by atoms with Crippen LogP contribution in [-0.2, 0) is 17.5 Å². The number of carbonyl (C=O) groups is 1. The van der Waals surface area contributed by atoms with E-state index in [1.54, 1.807) is 6.07 Å². The van der Waals surface area contributed by atoms with E-state index in [4.69, 9.17) is 4.74 Å². The first-order valence-corrected chi connectivity index (χ1v) is 12.0. The van der Waals surface area contributed by atoms with Gasteiger partial charge in [-0.1, -0.05) is 0 Å². The maximum Gasteiger partial charge on any atom is 0.417 e. The molecule has 2 N–H and O–H groups in total. The van der Waals surface area contributed by atoms with Crippen LogP contribution in [0.2, 0.25) is 0 Å². The molecule has 2 fully saturated rings. The lowest BCUT2D eigenvalue weighted by molar-refractivity contribution is -0.136. The molecule has 5 rings (SSSR count). The number of alkyl halides is 3. The third-order valence-corrected chi connectivity index (χ3v) is 6.64. The van der Waals surface area contributed by atoms with E-state index in [0.717, 1.165) is 50.3 Å². The van der Waals surface area contributed by atoms with Crippen molar-refractivity contribution in [2.45, 2.75) is 25.6 Å². The number of morpholine rings is 1. The van der Waals surface area contributed by atoms with Crippen molar-refractivity contribution in [3.05, 3.63) is 59.2 Å². The van der Waals surface area contributed by atoms with Gasteiger partial charge in [0, 0.05) is 61.1 Å². The molecule has 0 bridgehead atoms. The number of aromatic nitrogens is 1. The summed E-state index contributed by atoms with van der Waals surface area (Å²) in [4.78, 5) is 21.5. The monoisotopic (exact) mass is 500 g/mol. The summed E-state index contributed by atoms with van der Waals surface area (Å²) in [6.07, 6.45) is -2.41. The molecule has 0 spiro atoms. The predicted molar refractivity (Wildman–Crippen MR) is 130 cm³/mol. The third-order valence-electron chi connectivity index (χ3n) is 6.64. The zero-order chi connectivity index (χ0) is 25.3. The molecule has 2 aromatic carbocycles. The lowest BCUT2D eigenvalue weighted by Crippen LogP contribution is -2.36. The lowest BCUT2D eigenvalue weighted by Gasteiger charge is -2.29. The van der Waals surface area contributed by atoms with Crippen LogP contribution in [-0.4, -0.2) is 60.3 Å². The fourth-order valence-corrected chi connectivity index (χ4v) is 4.85. The number of pyridine rings is 1. The van der Waals surface area contributed by atoms with Crippen molar-refractivity contribution in [1.29, 1.82) is 0 Å². The predicted octanol–water partition coefficient (Wildman–Crippen LogP) is 4.64. The number of nitrogens with one attached hydrogen (secondary N) is 1. The molecule has 2 saturated heterocycles. The molecule has 36 heavy (non-hydrogen) atoms. The van der Waals surface area contributed by atoms with E-state index in [-0.39, 0.29) is 16.6 Å². The van der Waals surface area contributed by atoms with Crippen molar-refractivity contribution in [1.82, 2.24) is 9.88 Å². The topological polar surface area (TPSA) is 77.9 Å². The first-order valence-electron chi connectivity index (χ1n) is 12.0. The largest absolute Gasteiger partial charge is 0.493 e. The summed E-state index contributed by atoms with van der Waals surface area (Å²) in [6, 6.07) is 10.2. The van der Waals surface area contributed by atoms with E-state index in [1.165, 1.54) is 18.2 Å². The number of ether oxygens (including phenoxy) is 1. The second-order valence-electron chi connectivity index (χ2n) is 9.14. The number of halogens is 3. The molecule has 10 heteroatoms. The highest BCUT2D eigenvalue weighted by atomic mass is 19.4. The maximum atomic E-state index is 13.5. The fourth-order valence-electron chi connectivity index (χ4n) is 4.85. The summed E-state index contributed by atoms with van der Waals surface area (Å²) in [5.74, 6) is -1.12. The Hall–Kier alpha value is -3.37. The second-order valence-corrected chi connectivity index (χ2v) is 9.14. The quantitative estimate of drug-likeness (QED) is 0.532. The molecule has 3 aromatic rings. The molecule has 0 radical (unpaired) electrons. The van der Waals surface area contributed by atoms with Gasteiger partial charge < -0.3 is 20.1 Å². The first kappa shape index (κ1) is 24.3. The Morgan fingerprint density at radius 1 is 1.03 bits per heavy atom. The Balaban J connectivity index is 1.42. The molecule has 190 valence electrons. The number of hydrogen-bond acceptors (Lipinski definition) is 6. The Labute approximate surface area is 206 Å². The number of amides is 1. The summed E-state index contributed by atoms with van der Waals surface area (Å²) in [7, 11) is 0. The zero-order valence-corrected chi connectivity index (χ0v) is 19.6. The third kappa shape index (κ3) is 5.24. The molecule has 1 amide bonds. The van der Waals surface area contributed by atoms with E-state index in [0.29, 0.717) is 31.4 Å². The van der Waals surface area contributed by atoms with Gasteiger partial charge in [0.2, 0.25) is 5.88 Å². The summed E-state index contributed by atoms with van der Waals surface area (Å²) in [5.41, 5.74) is 1.78. The number of benzene rings is 2. The minimum atomic E-state index is -4.68. The highest BCUT2D eigenvalue weighted by Gasteiger charge is 2.33. The van der Waals surface area contributed by atoms with Crippen LogP contribution < -0.4 is 10.2 Å². The van der Waals surface area contributed by atoms with Crippen LogP contribution in [0.25, 0.3) is 10.9 Å². The van der Waals surface area contributed by atoms with Gasteiger partial charge in [0.25, 0.3) is 5.91 Å². The number of fused-ring (bicyclic) bond motifs is 1. The van der Waals surface area contributed by atoms with Crippen molar-refractivity contribution in [3.8, 4) is 5.88 Å². The van der Waals surface area contributed by atoms with E-state index in [2.05, 4.69) is 20.1 Å². The number of nitrogens with zero attached hydrogens (tertiary/aromatic N) is 3. The normalized spacial score (nSPS) is 17.0. The summed E-state index contributed by atoms with van der Waals surface area (Å²) in [5, 5.41) is 12.1. The van der Waals surface area contributed by atoms with Crippen molar-refractivity contribution in [2.24, 2.45) is 0 Å². The standard InChI is InChI=1S/C26H27F3N4O3/c27-26(28,29)21-15-24(34)31-22-5-4-19(14-20(21)22)30-25(35)17-3-6-23(33-7-1-2-8-33)18(13-17)16-32-9-11-36-12-10-32/h3-6,13-15H,1-2,7-12,16H2,(H,30,35)(H,31,34). The maximum absolute atomic E-state index is 13.5. The van der Waals surface area contributed by atoms with Crippen LogP contribution in [0.15, 0.2) is 42.5 Å². The number of rotatable bonds is 5. The molecule has 2 aliphatic heterocycles. The van der Waals surface area contributed by atoms with Gasteiger partial charge in [-0.15, -0.1) is 0 Å². The number of anilines is 2. The van der Waals surface area contributed by atoms with Crippen LogP contribution >= 0.6 is 0 Å². The summed E-state index contributed by atoms with van der Waals surface area (Å²) >= 11 is 0. The molecule has 7 nitrogen and oxygen atoms in total. The van der Waals surface area contributed by atoms with Gasteiger partial charge in [0.05, 0.1) is 24.3 Å². The van der Waals surface area contributed by atoms with Gasteiger partial charge in [0.15, 0.2) is 0 Å². The van der Waals surface area contributed by atoms with Gasteiger partial charge in [0.1, 0.15) is 0 Å². The minimum Gasteiger partial charge on any atom is -0.493 e. The summed E-state index contributed by atoms with van der Waals surface area (Å²) in [6.45, 7) is 5.63. The highest BCUT2D eigenvalue weighted by molar-refractivity contribution is 6.05. The smallest absolute Gasteiger partial charge is 0.417 e. The van der Waals surface area contributed by atoms with Gasteiger partial charge in [-0.05, 0) is 54.8 Å². The Kier molecular flexibility index (Phi) is 6.72. The van der Waals surface area contributed by atoms with Crippen LogP contribution in [0.5, 0.6) is 5.88 Å². The van der Waals surface area contributed by atoms with E-state index >= 15 is 0 Å². The minimum absolute atomic E-state index is 0.0110. The Bertz CT molecular complexity index is 1270. The number of carbonyl (C=O) groups excluding carboxylic acids is 1. The number of hydrogen-bond donors (Lipinski definition) is 2. The lowest BCUT2D eigenvalue weighted by atomic mass is 10.1. The van der Waals surface area contributed by atoms with Gasteiger partial charge in [-0.3, -0.25) is 9.69 Å². The van der Waals surface area contributed by atoms with Crippen molar-refractivity contribution in [3.63, 3.8) is 0 Å². The van der Waals surface area contributed by atoms with Crippen LogP contribution in [0.1, 0.15) is 34.3 Å². The van der Waals surface area contributed by atoms with Crippen LogP contribution in [0.3, 0.4) is 0 Å². The SMILES string of the molecule is O=C(Nc1ccc2nc(O)cc(C(F)(F)F)c2c1)c1ccc(N2CCCC2)c(CN2CCOCC2)c1. The van der Waals surface area contributed by atoms with Gasteiger partial charge >= 0.3 is 6.18 Å². The molecule has 3 heterocycles. The van der Waals surface area contributed by atoms with Crippen molar-refractivity contribution < 1.29 is 27.8 Å². The van der Waals surface area contributed by atoms with Gasteiger partial charge in [-0.25, -0.2) is 4.98 Å². The summed E-state index contributed by atoms with van der Waals surface area (Å²) < 4.78 is 46.0. The fraction of sp³-hybridized carbons (Fsp3) is 0.385. The first-order chi connectivity index (χ1) is 17.3. The highest BCUT2D eigenvalue weighted by Crippen LogP contribution is 2.37. The molecule has 0 aliphatic carbocycles. The molecule has 0 atom stereocenters. The Morgan fingerprint density at radius 2 is 1.78 bits per heavy atom. The van der Waals surface area contributed by atoms with Crippen molar-refractivity contribution in [2.75, 3.05) is 49.6 Å². The van der Waals surface area contributed by atoms with Crippen LogP contribution in [0.4, 0.5) is 24.5 Å². The zero-order valence-electron chi connectivity index (χ0n) is 19.6. The molecule has 2 aliphatic rings. The van der Waals surface area contributed by atoms with E-state index in [1.807, 2.05) is 12.1 Å². The molecule has 0 unspecified atom stereocenters. The van der Waals surface area contributed by atoms with Crippen molar-refractivity contribution >= 4 is 28.2 Å². The Morgan fingerprint density at radius 3 is 2.50 bits per heavy atom. The second kappa shape index (κ2) is 9.94. The molecule has 0 saturated carbocycles. The average Bonchev–Trinajstić information content (AvgIpc) is 3.38. The average molecular weight is 501 g/mol. The molecule has 1 aromatic heterocycles. The number of aromatic hydroxyl groups is 1. The molecular formula is C26H27F3N4O3.